The molecule has 1 heterocycles. The third-order valence-electron chi connectivity index (χ3n) is 3.89. The van der Waals surface area contributed by atoms with E-state index in [1.165, 1.54) is 11.3 Å². The van der Waals surface area contributed by atoms with Gasteiger partial charge in [0.2, 0.25) is 0 Å². The summed E-state index contributed by atoms with van der Waals surface area (Å²) < 4.78 is 0. The minimum atomic E-state index is -0.973. The van der Waals surface area contributed by atoms with Crippen LogP contribution in [0, 0.1) is 0 Å². The number of benzene rings is 1. The highest BCUT2D eigenvalue weighted by Gasteiger charge is 2.25. The number of carbonyl (C=O) groups excluding carboxylic acids is 1. The molecule has 0 saturated heterocycles. The number of aromatic carboxylic acids is 1. The lowest BCUT2D eigenvalue weighted by molar-refractivity contribution is 0.0697. The number of carboxylic acid groups (broad SMARTS) is 1. The first-order valence-electron chi connectivity index (χ1n) is 7.66. The van der Waals surface area contributed by atoms with Crippen molar-refractivity contribution in [1.82, 2.24) is 0 Å². The molecule has 3 N–H and O–H groups in total. The van der Waals surface area contributed by atoms with Crippen LogP contribution in [0.15, 0.2) is 30.3 Å². The zero-order chi connectivity index (χ0) is 16.2. The second kappa shape index (κ2) is 6.83. The van der Waals surface area contributed by atoms with Crippen LogP contribution in [0.2, 0.25) is 0 Å². The van der Waals surface area contributed by atoms with Crippen molar-refractivity contribution >= 4 is 34.0 Å². The van der Waals surface area contributed by atoms with E-state index in [4.69, 9.17) is 0 Å². The highest BCUT2D eigenvalue weighted by atomic mass is 32.1. The van der Waals surface area contributed by atoms with Gasteiger partial charge in [-0.3, -0.25) is 5.32 Å². The molecular weight excluding hydrogens is 312 g/mol. The van der Waals surface area contributed by atoms with E-state index in [1.807, 2.05) is 18.2 Å². The van der Waals surface area contributed by atoms with Gasteiger partial charge in [-0.25, -0.2) is 9.59 Å². The summed E-state index contributed by atoms with van der Waals surface area (Å²) in [5.74, 6) is -0.973. The van der Waals surface area contributed by atoms with Crippen LogP contribution in [0.3, 0.4) is 0 Å². The fraction of sp³-hybridized carbons (Fsp3) is 0.294. The van der Waals surface area contributed by atoms with Crippen LogP contribution in [0.5, 0.6) is 0 Å². The van der Waals surface area contributed by atoms with Gasteiger partial charge >= 0.3 is 12.0 Å². The zero-order valence-corrected chi connectivity index (χ0v) is 13.4. The molecule has 0 fully saturated rings. The van der Waals surface area contributed by atoms with Crippen LogP contribution in [0.1, 0.15) is 40.1 Å². The Morgan fingerprint density at radius 3 is 2.48 bits per heavy atom. The molecule has 2 amide bonds. The summed E-state index contributed by atoms with van der Waals surface area (Å²) in [6.07, 6.45) is 4.86. The predicted octanol–water partition coefficient (Wildman–Crippen LogP) is 4.36. The SMILES string of the molecule is O=C(Nc1ccccc1)Nc1sc2c(c1C(=O)O)CCCCC2. The lowest BCUT2D eigenvalue weighted by Crippen LogP contribution is -2.20. The molecule has 2 aromatic rings. The Labute approximate surface area is 138 Å². The molecule has 0 radical (unpaired) electrons. The largest absolute Gasteiger partial charge is 0.478 e. The molecular formula is C17H18N2O3S. The number of amides is 2. The molecule has 5 nitrogen and oxygen atoms in total. The number of nitrogens with one attached hydrogen (secondary N) is 2. The molecule has 23 heavy (non-hydrogen) atoms. The van der Waals surface area contributed by atoms with E-state index < -0.39 is 12.0 Å². The topological polar surface area (TPSA) is 78.4 Å². The van der Waals surface area contributed by atoms with Gasteiger partial charge in [0.05, 0.1) is 5.56 Å². The van der Waals surface area contributed by atoms with Crippen LogP contribution >= 0.6 is 11.3 Å². The average molecular weight is 330 g/mol. The molecule has 6 heteroatoms. The quantitative estimate of drug-likeness (QED) is 0.732. The summed E-state index contributed by atoms with van der Waals surface area (Å²) in [5, 5.41) is 15.4. The minimum absolute atomic E-state index is 0.259. The number of carbonyl (C=O) groups is 2. The van der Waals surface area contributed by atoms with E-state index in [1.54, 1.807) is 12.1 Å². The minimum Gasteiger partial charge on any atom is -0.478 e. The third kappa shape index (κ3) is 3.53. The van der Waals surface area contributed by atoms with Crippen molar-refractivity contribution in [3.8, 4) is 0 Å². The maximum Gasteiger partial charge on any atom is 0.339 e. The van der Waals surface area contributed by atoms with Crippen LogP contribution in [0.4, 0.5) is 15.5 Å². The Morgan fingerprint density at radius 1 is 1.00 bits per heavy atom. The average Bonchev–Trinajstić information content (AvgIpc) is 2.70. The molecule has 0 spiro atoms. The summed E-state index contributed by atoms with van der Waals surface area (Å²) in [5.41, 5.74) is 1.82. The Hall–Kier alpha value is -2.34. The number of thiophene rings is 1. The molecule has 1 aromatic heterocycles. The van der Waals surface area contributed by atoms with Crippen LogP contribution < -0.4 is 10.6 Å². The molecule has 120 valence electrons. The maximum absolute atomic E-state index is 12.1. The number of aryl methyl sites for hydroxylation is 1. The van der Waals surface area contributed by atoms with Crippen molar-refractivity contribution in [3.05, 3.63) is 46.3 Å². The molecule has 0 aliphatic heterocycles. The number of carboxylic acids is 1. The summed E-state index contributed by atoms with van der Waals surface area (Å²) in [4.78, 5) is 24.9. The van der Waals surface area contributed by atoms with E-state index in [2.05, 4.69) is 10.6 Å². The van der Waals surface area contributed by atoms with Gasteiger partial charge in [0.15, 0.2) is 0 Å². The molecule has 1 aromatic carbocycles. The molecule has 3 rings (SSSR count). The number of fused-ring (bicyclic) bond motifs is 1. The van der Waals surface area contributed by atoms with Crippen LogP contribution in [-0.2, 0) is 12.8 Å². The van der Waals surface area contributed by atoms with Crippen molar-refractivity contribution in [2.24, 2.45) is 0 Å². The van der Waals surface area contributed by atoms with Crippen LogP contribution in [-0.4, -0.2) is 17.1 Å². The standard InChI is InChI=1S/C17H18N2O3S/c20-16(21)14-12-9-5-2-6-10-13(12)23-15(14)19-17(22)18-11-7-3-1-4-8-11/h1,3-4,7-8H,2,5-6,9-10H2,(H,20,21)(H2,18,19,22). The summed E-state index contributed by atoms with van der Waals surface area (Å²) in [7, 11) is 0. The van der Waals surface area contributed by atoms with Gasteiger partial charge in [-0.1, -0.05) is 24.6 Å². The summed E-state index contributed by atoms with van der Waals surface area (Å²) in [6.45, 7) is 0. The molecule has 0 bridgehead atoms. The van der Waals surface area contributed by atoms with E-state index in [-0.39, 0.29) is 5.56 Å². The van der Waals surface area contributed by atoms with Crippen molar-refractivity contribution in [3.63, 3.8) is 0 Å². The number of hydrogen-bond donors (Lipinski definition) is 3. The number of hydrogen-bond acceptors (Lipinski definition) is 3. The predicted molar refractivity (Wildman–Crippen MR) is 91.6 cm³/mol. The zero-order valence-electron chi connectivity index (χ0n) is 12.6. The Morgan fingerprint density at radius 2 is 1.74 bits per heavy atom. The van der Waals surface area contributed by atoms with Gasteiger partial charge in [0.1, 0.15) is 5.00 Å². The molecule has 0 unspecified atom stereocenters. The Balaban J connectivity index is 1.82. The highest BCUT2D eigenvalue weighted by molar-refractivity contribution is 7.17. The second-order valence-electron chi connectivity index (χ2n) is 5.52. The van der Waals surface area contributed by atoms with Crippen molar-refractivity contribution in [2.75, 3.05) is 10.6 Å². The van der Waals surface area contributed by atoms with Gasteiger partial charge in [-0.15, -0.1) is 11.3 Å². The van der Waals surface area contributed by atoms with E-state index in [0.29, 0.717) is 10.7 Å². The van der Waals surface area contributed by atoms with Gasteiger partial charge in [0, 0.05) is 10.6 Å². The monoisotopic (exact) mass is 330 g/mol. The van der Waals surface area contributed by atoms with Gasteiger partial charge in [-0.2, -0.15) is 0 Å². The van der Waals surface area contributed by atoms with E-state index in [0.717, 1.165) is 42.5 Å². The first kappa shape index (κ1) is 15.6. The van der Waals surface area contributed by atoms with Gasteiger partial charge in [-0.05, 0) is 43.4 Å². The molecule has 1 aliphatic rings. The molecule has 0 saturated carbocycles. The fourth-order valence-electron chi connectivity index (χ4n) is 2.84. The van der Waals surface area contributed by atoms with Crippen molar-refractivity contribution in [2.45, 2.75) is 32.1 Å². The fourth-order valence-corrected chi connectivity index (χ4v) is 4.12. The maximum atomic E-state index is 12.1. The molecule has 0 atom stereocenters. The first-order chi connectivity index (χ1) is 11.1. The lowest BCUT2D eigenvalue weighted by Gasteiger charge is -2.07. The second-order valence-corrected chi connectivity index (χ2v) is 6.62. The summed E-state index contributed by atoms with van der Waals surface area (Å²) >= 11 is 1.39. The van der Waals surface area contributed by atoms with Crippen molar-refractivity contribution in [1.29, 1.82) is 0 Å². The molecule has 1 aliphatic carbocycles. The lowest BCUT2D eigenvalue weighted by atomic mass is 10.1. The van der Waals surface area contributed by atoms with E-state index >= 15 is 0 Å². The van der Waals surface area contributed by atoms with Crippen LogP contribution in [0.25, 0.3) is 0 Å². The Bertz CT molecular complexity index is 725. The van der Waals surface area contributed by atoms with Gasteiger partial charge in [0.25, 0.3) is 0 Å². The first-order valence-corrected chi connectivity index (χ1v) is 8.47. The number of urea groups is 1. The normalized spacial score (nSPS) is 13.7. The summed E-state index contributed by atoms with van der Waals surface area (Å²) in [6, 6.07) is 8.65. The Kier molecular flexibility index (Phi) is 4.62. The van der Waals surface area contributed by atoms with E-state index in [9.17, 15) is 14.7 Å². The smallest absolute Gasteiger partial charge is 0.339 e. The van der Waals surface area contributed by atoms with Gasteiger partial charge < -0.3 is 10.4 Å². The number of anilines is 2. The van der Waals surface area contributed by atoms with Crippen molar-refractivity contribution < 1.29 is 14.7 Å². The number of para-hydroxylation sites is 1. The third-order valence-corrected chi connectivity index (χ3v) is 5.10. The highest BCUT2D eigenvalue weighted by Crippen LogP contribution is 2.37. The number of rotatable bonds is 3.